The zero-order valence-electron chi connectivity index (χ0n) is 11.7. The molecule has 0 radical (unpaired) electrons. The molecule has 0 fully saturated rings. The van der Waals surface area contributed by atoms with Gasteiger partial charge in [-0.3, -0.25) is 0 Å². The summed E-state index contributed by atoms with van der Waals surface area (Å²) in [5.74, 6) is 0.770. The predicted octanol–water partition coefficient (Wildman–Crippen LogP) is 4.77. The molecule has 0 spiro atoms. The minimum Gasteiger partial charge on any atom is -0.325 e. The van der Waals surface area contributed by atoms with Crippen LogP contribution in [0.3, 0.4) is 0 Å². The largest absolute Gasteiger partial charge is 0.325 e. The number of rotatable bonds is 2. The molecule has 0 aliphatic rings. The number of imidazole rings is 1. The van der Waals surface area contributed by atoms with Crippen LogP contribution < -0.4 is 5.32 Å². The standard InChI is InChI=1S/C18H15N3/c1-12-9-10-16-17(11-12)21-18(20-16)19-15-8-4-6-13-5-2-3-7-14(13)15/h2-11H,1H3,(H2,19,20,21). The first kappa shape index (κ1) is 12.0. The number of nitrogens with one attached hydrogen (secondary N) is 2. The normalized spacial score (nSPS) is 11.1. The second-order valence-electron chi connectivity index (χ2n) is 5.26. The van der Waals surface area contributed by atoms with E-state index in [1.807, 2.05) is 6.07 Å². The summed E-state index contributed by atoms with van der Waals surface area (Å²) in [6, 6.07) is 20.8. The van der Waals surface area contributed by atoms with Crippen LogP contribution in [0.5, 0.6) is 0 Å². The number of aromatic amines is 1. The van der Waals surface area contributed by atoms with E-state index in [9.17, 15) is 0 Å². The maximum absolute atomic E-state index is 4.59. The van der Waals surface area contributed by atoms with E-state index in [0.29, 0.717) is 0 Å². The highest BCUT2D eigenvalue weighted by Gasteiger charge is 2.05. The average molecular weight is 273 g/mol. The molecule has 3 aromatic carbocycles. The number of H-pyrrole nitrogens is 1. The van der Waals surface area contributed by atoms with Gasteiger partial charge in [-0.1, -0.05) is 42.5 Å². The number of aromatic nitrogens is 2. The lowest BCUT2D eigenvalue weighted by Gasteiger charge is -2.06. The molecule has 1 heterocycles. The lowest BCUT2D eigenvalue weighted by atomic mass is 10.1. The van der Waals surface area contributed by atoms with Crippen molar-refractivity contribution < 1.29 is 0 Å². The van der Waals surface area contributed by atoms with Gasteiger partial charge in [0.05, 0.1) is 11.0 Å². The molecule has 3 heteroatoms. The van der Waals surface area contributed by atoms with Crippen LogP contribution in [0.25, 0.3) is 21.8 Å². The molecule has 0 unspecified atom stereocenters. The Labute approximate surface area is 122 Å². The number of hydrogen-bond acceptors (Lipinski definition) is 2. The molecule has 0 aliphatic heterocycles. The van der Waals surface area contributed by atoms with Crippen LogP contribution in [0.4, 0.5) is 11.6 Å². The molecule has 4 aromatic rings. The first-order valence-electron chi connectivity index (χ1n) is 7.01. The Morgan fingerprint density at radius 1 is 0.952 bits per heavy atom. The lowest BCUT2D eigenvalue weighted by Crippen LogP contribution is -1.93. The van der Waals surface area contributed by atoms with Gasteiger partial charge in [0, 0.05) is 11.1 Å². The van der Waals surface area contributed by atoms with Crippen molar-refractivity contribution in [2.75, 3.05) is 5.32 Å². The van der Waals surface area contributed by atoms with E-state index in [-0.39, 0.29) is 0 Å². The Bertz CT molecular complexity index is 932. The first-order valence-corrected chi connectivity index (χ1v) is 7.01. The molecule has 0 saturated heterocycles. The van der Waals surface area contributed by atoms with Gasteiger partial charge in [0.25, 0.3) is 0 Å². The quantitative estimate of drug-likeness (QED) is 0.552. The molecule has 0 atom stereocenters. The number of hydrogen-bond donors (Lipinski definition) is 2. The maximum atomic E-state index is 4.59. The van der Waals surface area contributed by atoms with Gasteiger partial charge in [0.2, 0.25) is 5.95 Å². The van der Waals surface area contributed by atoms with Crippen LogP contribution in [0.15, 0.2) is 60.7 Å². The minimum absolute atomic E-state index is 0.770. The zero-order chi connectivity index (χ0) is 14.2. The summed E-state index contributed by atoms with van der Waals surface area (Å²) in [5, 5.41) is 5.80. The number of benzene rings is 3. The third kappa shape index (κ3) is 2.13. The highest BCUT2D eigenvalue weighted by molar-refractivity contribution is 5.95. The topological polar surface area (TPSA) is 40.7 Å². The fourth-order valence-electron chi connectivity index (χ4n) is 2.64. The molecule has 102 valence electrons. The van der Waals surface area contributed by atoms with Crippen molar-refractivity contribution >= 4 is 33.4 Å². The summed E-state index contributed by atoms with van der Waals surface area (Å²) in [4.78, 5) is 7.92. The van der Waals surface area contributed by atoms with Crippen LogP contribution in [0.1, 0.15) is 5.56 Å². The third-order valence-electron chi connectivity index (χ3n) is 3.68. The number of aryl methyl sites for hydroxylation is 1. The molecule has 4 rings (SSSR count). The fraction of sp³-hybridized carbons (Fsp3) is 0.0556. The van der Waals surface area contributed by atoms with Crippen LogP contribution in [-0.4, -0.2) is 9.97 Å². The van der Waals surface area contributed by atoms with Crippen LogP contribution in [-0.2, 0) is 0 Å². The highest BCUT2D eigenvalue weighted by Crippen LogP contribution is 2.26. The SMILES string of the molecule is Cc1ccc2nc(Nc3cccc4ccccc34)[nH]c2c1. The number of anilines is 2. The molecule has 1 aromatic heterocycles. The molecular formula is C18H15N3. The van der Waals surface area contributed by atoms with Crippen molar-refractivity contribution in [1.82, 2.24) is 9.97 Å². The second-order valence-corrected chi connectivity index (χ2v) is 5.26. The Balaban J connectivity index is 1.79. The Kier molecular flexibility index (Phi) is 2.64. The van der Waals surface area contributed by atoms with Crippen molar-refractivity contribution in [3.05, 3.63) is 66.2 Å². The molecule has 3 nitrogen and oxygen atoms in total. The monoisotopic (exact) mass is 273 g/mol. The summed E-state index contributed by atoms with van der Waals surface area (Å²) >= 11 is 0. The van der Waals surface area contributed by atoms with E-state index >= 15 is 0 Å². The van der Waals surface area contributed by atoms with Crippen LogP contribution in [0.2, 0.25) is 0 Å². The van der Waals surface area contributed by atoms with Crippen molar-refractivity contribution in [2.24, 2.45) is 0 Å². The summed E-state index contributed by atoms with van der Waals surface area (Å²) in [6.07, 6.45) is 0. The van der Waals surface area contributed by atoms with Crippen LogP contribution in [0, 0.1) is 6.92 Å². The first-order chi connectivity index (χ1) is 10.3. The van der Waals surface area contributed by atoms with E-state index in [2.05, 4.69) is 76.8 Å². The molecule has 0 bridgehead atoms. The van der Waals surface area contributed by atoms with Gasteiger partial charge < -0.3 is 10.3 Å². The Morgan fingerprint density at radius 2 is 1.81 bits per heavy atom. The summed E-state index contributed by atoms with van der Waals surface area (Å²) in [7, 11) is 0. The van der Waals surface area contributed by atoms with Crippen molar-refractivity contribution in [3.63, 3.8) is 0 Å². The zero-order valence-corrected chi connectivity index (χ0v) is 11.7. The summed E-state index contributed by atoms with van der Waals surface area (Å²) < 4.78 is 0. The second kappa shape index (κ2) is 4.63. The maximum Gasteiger partial charge on any atom is 0.205 e. The Morgan fingerprint density at radius 3 is 2.76 bits per heavy atom. The Hall–Kier alpha value is -2.81. The van der Waals surface area contributed by atoms with E-state index in [0.717, 1.165) is 22.7 Å². The van der Waals surface area contributed by atoms with Crippen LogP contribution >= 0.6 is 0 Å². The van der Waals surface area contributed by atoms with Gasteiger partial charge in [-0.05, 0) is 36.1 Å². The fourth-order valence-corrected chi connectivity index (χ4v) is 2.64. The van der Waals surface area contributed by atoms with Crippen molar-refractivity contribution in [1.29, 1.82) is 0 Å². The predicted molar refractivity (Wildman–Crippen MR) is 88.1 cm³/mol. The molecule has 0 saturated carbocycles. The van der Waals surface area contributed by atoms with E-state index in [4.69, 9.17) is 0 Å². The highest BCUT2D eigenvalue weighted by atomic mass is 15.1. The summed E-state index contributed by atoms with van der Waals surface area (Å²) in [5.41, 5.74) is 4.31. The third-order valence-corrected chi connectivity index (χ3v) is 3.68. The van der Waals surface area contributed by atoms with E-state index in [1.165, 1.54) is 16.3 Å². The van der Waals surface area contributed by atoms with Crippen molar-refractivity contribution in [2.45, 2.75) is 6.92 Å². The van der Waals surface area contributed by atoms with Gasteiger partial charge in [-0.2, -0.15) is 0 Å². The average Bonchev–Trinajstić information content (AvgIpc) is 2.89. The molecular weight excluding hydrogens is 258 g/mol. The molecule has 2 N–H and O–H groups in total. The van der Waals surface area contributed by atoms with E-state index in [1.54, 1.807) is 0 Å². The van der Waals surface area contributed by atoms with Gasteiger partial charge in [0.1, 0.15) is 0 Å². The van der Waals surface area contributed by atoms with Gasteiger partial charge in [-0.15, -0.1) is 0 Å². The smallest absolute Gasteiger partial charge is 0.205 e. The molecule has 0 amide bonds. The number of nitrogens with zero attached hydrogens (tertiary/aromatic N) is 1. The lowest BCUT2D eigenvalue weighted by molar-refractivity contribution is 1.32. The molecule has 21 heavy (non-hydrogen) atoms. The summed E-state index contributed by atoms with van der Waals surface area (Å²) in [6.45, 7) is 2.08. The van der Waals surface area contributed by atoms with Crippen molar-refractivity contribution in [3.8, 4) is 0 Å². The van der Waals surface area contributed by atoms with E-state index < -0.39 is 0 Å². The van der Waals surface area contributed by atoms with Gasteiger partial charge >= 0.3 is 0 Å². The number of fused-ring (bicyclic) bond motifs is 2. The van der Waals surface area contributed by atoms with Gasteiger partial charge in [0.15, 0.2) is 0 Å². The molecule has 0 aliphatic carbocycles. The minimum atomic E-state index is 0.770. The van der Waals surface area contributed by atoms with Gasteiger partial charge in [-0.25, -0.2) is 4.98 Å².